The summed E-state index contributed by atoms with van der Waals surface area (Å²) in [5.74, 6) is 1.75. The molecule has 1 amide bonds. The van der Waals surface area contributed by atoms with Gasteiger partial charge in [0.25, 0.3) is 5.88 Å². The van der Waals surface area contributed by atoms with Crippen LogP contribution in [0.15, 0.2) is 42.9 Å². The zero-order valence-corrected chi connectivity index (χ0v) is 24.3. The first-order valence-electron chi connectivity index (χ1n) is 13.9. The van der Waals surface area contributed by atoms with Gasteiger partial charge in [0, 0.05) is 56.6 Å². The Morgan fingerprint density at radius 1 is 1.05 bits per heavy atom. The molecule has 0 spiro atoms. The lowest BCUT2D eigenvalue weighted by Crippen LogP contribution is -2.49. The molecule has 11 nitrogen and oxygen atoms in total. The molecule has 3 aromatic heterocycles. The molecule has 1 saturated heterocycles. The summed E-state index contributed by atoms with van der Waals surface area (Å²) >= 11 is 0. The summed E-state index contributed by atoms with van der Waals surface area (Å²) in [6.07, 6.45) is 3.66. The highest BCUT2D eigenvalue weighted by Gasteiger charge is 2.26. The standard InChI is InChI=1S/C30H37N7O4/c1-6-40-28-27(39-5)26(32-19-33-28)21-7-8-23-24(16-21)35-25(34-23)17-22-15-20(9-10-31-22)18-36-11-13-37(14-12-36)29(38)41-30(2,3)4/h7-10,15-16,19H,6,11-14,17-18H2,1-5H3,(H,34,35). The van der Waals surface area contributed by atoms with Crippen LogP contribution in [0.1, 0.15) is 44.8 Å². The van der Waals surface area contributed by atoms with Crippen LogP contribution in [0.25, 0.3) is 22.3 Å². The van der Waals surface area contributed by atoms with Crippen molar-refractivity contribution in [3.63, 3.8) is 0 Å². The van der Waals surface area contributed by atoms with Gasteiger partial charge in [0.15, 0.2) is 0 Å². The van der Waals surface area contributed by atoms with Crippen molar-refractivity contribution in [3.8, 4) is 22.9 Å². The second kappa shape index (κ2) is 12.1. The lowest BCUT2D eigenvalue weighted by molar-refractivity contribution is 0.0139. The van der Waals surface area contributed by atoms with E-state index >= 15 is 0 Å². The van der Waals surface area contributed by atoms with Crippen molar-refractivity contribution in [1.29, 1.82) is 0 Å². The van der Waals surface area contributed by atoms with E-state index in [1.54, 1.807) is 12.0 Å². The van der Waals surface area contributed by atoms with Crippen molar-refractivity contribution < 1.29 is 19.0 Å². The minimum atomic E-state index is -0.484. The summed E-state index contributed by atoms with van der Waals surface area (Å²) in [5, 5.41) is 0. The maximum absolute atomic E-state index is 12.4. The van der Waals surface area contributed by atoms with Crippen molar-refractivity contribution in [2.45, 2.75) is 46.3 Å². The van der Waals surface area contributed by atoms with Crippen LogP contribution >= 0.6 is 0 Å². The maximum atomic E-state index is 12.4. The van der Waals surface area contributed by atoms with E-state index in [0.717, 1.165) is 47.7 Å². The zero-order chi connectivity index (χ0) is 29.0. The van der Waals surface area contributed by atoms with Gasteiger partial charge in [0.05, 0.1) is 24.8 Å². The number of aromatic nitrogens is 5. The van der Waals surface area contributed by atoms with Crippen LogP contribution < -0.4 is 9.47 Å². The second-order valence-corrected chi connectivity index (χ2v) is 11.0. The highest BCUT2D eigenvalue weighted by molar-refractivity contribution is 5.83. The molecule has 1 aliphatic rings. The van der Waals surface area contributed by atoms with Gasteiger partial charge in [-0.25, -0.2) is 14.8 Å². The van der Waals surface area contributed by atoms with Crippen molar-refractivity contribution >= 4 is 17.1 Å². The van der Waals surface area contributed by atoms with Crippen LogP contribution in [0.4, 0.5) is 4.79 Å². The van der Waals surface area contributed by atoms with E-state index in [1.807, 2.05) is 58.2 Å². The predicted octanol–water partition coefficient (Wildman–Crippen LogP) is 4.47. The van der Waals surface area contributed by atoms with Gasteiger partial charge in [0.2, 0.25) is 5.75 Å². The number of carbonyl (C=O) groups excluding carboxylic acids is 1. The molecule has 1 aliphatic heterocycles. The third-order valence-electron chi connectivity index (χ3n) is 6.72. The SMILES string of the molecule is CCOc1ncnc(-c2ccc3nc(Cc4cc(CN5CCN(C(=O)OC(C)(C)C)CC5)ccn4)[nH]c3c2)c1OC. The van der Waals surface area contributed by atoms with Crippen molar-refractivity contribution in [1.82, 2.24) is 34.7 Å². The van der Waals surface area contributed by atoms with Crippen LogP contribution in [0.5, 0.6) is 11.6 Å². The van der Waals surface area contributed by atoms with Crippen LogP contribution in [0.3, 0.4) is 0 Å². The maximum Gasteiger partial charge on any atom is 0.410 e. The molecule has 216 valence electrons. The summed E-state index contributed by atoms with van der Waals surface area (Å²) in [4.78, 5) is 37.9. The number of amides is 1. The minimum absolute atomic E-state index is 0.243. The van der Waals surface area contributed by atoms with E-state index in [1.165, 1.54) is 11.9 Å². The Kier molecular flexibility index (Phi) is 8.34. The molecule has 5 rings (SSSR count). The number of hydrogen-bond acceptors (Lipinski definition) is 9. The molecular formula is C30H37N7O4. The fourth-order valence-electron chi connectivity index (χ4n) is 4.85. The Balaban J connectivity index is 1.24. The number of piperazine rings is 1. The second-order valence-electron chi connectivity index (χ2n) is 11.0. The van der Waals surface area contributed by atoms with Crippen LogP contribution in [0.2, 0.25) is 0 Å². The predicted molar refractivity (Wildman–Crippen MR) is 155 cm³/mol. The first-order chi connectivity index (χ1) is 19.7. The van der Waals surface area contributed by atoms with E-state index in [2.05, 4.69) is 30.9 Å². The Bertz CT molecular complexity index is 1510. The van der Waals surface area contributed by atoms with Gasteiger partial charge in [0.1, 0.15) is 23.4 Å². The summed E-state index contributed by atoms with van der Waals surface area (Å²) in [5.41, 5.74) is 4.93. The van der Waals surface area contributed by atoms with Crippen LogP contribution in [-0.2, 0) is 17.7 Å². The molecule has 1 N–H and O–H groups in total. The third-order valence-corrected chi connectivity index (χ3v) is 6.72. The molecule has 4 heterocycles. The number of rotatable bonds is 8. The Morgan fingerprint density at radius 3 is 2.59 bits per heavy atom. The van der Waals surface area contributed by atoms with Gasteiger partial charge < -0.3 is 24.1 Å². The Hall–Kier alpha value is -4.25. The number of imidazole rings is 1. The fraction of sp³-hybridized carbons (Fsp3) is 0.433. The smallest absolute Gasteiger partial charge is 0.410 e. The largest absolute Gasteiger partial charge is 0.490 e. The number of aromatic amines is 1. The molecule has 1 aromatic carbocycles. The Labute approximate surface area is 239 Å². The van der Waals surface area contributed by atoms with Gasteiger partial charge in [-0.15, -0.1) is 0 Å². The summed E-state index contributed by atoms with van der Waals surface area (Å²) in [6.45, 7) is 11.8. The number of H-pyrrole nitrogens is 1. The summed E-state index contributed by atoms with van der Waals surface area (Å²) in [7, 11) is 1.59. The lowest BCUT2D eigenvalue weighted by atomic mass is 10.1. The van der Waals surface area contributed by atoms with Crippen LogP contribution in [0, 0.1) is 0 Å². The molecule has 0 unspecified atom stereocenters. The van der Waals surface area contributed by atoms with Crippen molar-refractivity contribution in [3.05, 3.63) is 59.9 Å². The number of ether oxygens (including phenoxy) is 3. The molecule has 41 heavy (non-hydrogen) atoms. The molecule has 0 bridgehead atoms. The number of fused-ring (bicyclic) bond motifs is 1. The Morgan fingerprint density at radius 2 is 1.85 bits per heavy atom. The molecular weight excluding hydrogens is 522 g/mol. The normalized spacial score (nSPS) is 14.3. The highest BCUT2D eigenvalue weighted by Crippen LogP contribution is 2.35. The van der Waals surface area contributed by atoms with E-state index in [0.29, 0.717) is 43.4 Å². The minimum Gasteiger partial charge on any atom is -0.490 e. The number of carbonyl (C=O) groups is 1. The topological polar surface area (TPSA) is 119 Å². The number of hydrogen-bond donors (Lipinski definition) is 1. The molecule has 0 saturated carbocycles. The molecule has 11 heteroatoms. The van der Waals surface area contributed by atoms with E-state index in [9.17, 15) is 4.79 Å². The van der Waals surface area contributed by atoms with Gasteiger partial charge in [-0.3, -0.25) is 9.88 Å². The van der Waals surface area contributed by atoms with Crippen LogP contribution in [-0.4, -0.2) is 86.3 Å². The zero-order valence-electron chi connectivity index (χ0n) is 24.3. The van der Waals surface area contributed by atoms with Crippen molar-refractivity contribution in [2.75, 3.05) is 39.9 Å². The monoisotopic (exact) mass is 559 g/mol. The average Bonchev–Trinajstić information content (AvgIpc) is 3.34. The number of nitrogens with one attached hydrogen (secondary N) is 1. The first-order valence-corrected chi connectivity index (χ1v) is 13.9. The third kappa shape index (κ3) is 6.91. The molecule has 4 aromatic rings. The molecule has 0 atom stereocenters. The fourth-order valence-corrected chi connectivity index (χ4v) is 4.85. The summed E-state index contributed by atoms with van der Waals surface area (Å²) < 4.78 is 16.7. The molecule has 0 aliphatic carbocycles. The lowest BCUT2D eigenvalue weighted by Gasteiger charge is -2.35. The van der Waals surface area contributed by atoms with Gasteiger partial charge in [-0.1, -0.05) is 6.07 Å². The van der Waals surface area contributed by atoms with Gasteiger partial charge >= 0.3 is 6.09 Å². The van der Waals surface area contributed by atoms with E-state index < -0.39 is 5.60 Å². The number of methoxy groups -OCH3 is 1. The molecule has 0 radical (unpaired) electrons. The number of pyridine rings is 1. The van der Waals surface area contributed by atoms with E-state index in [4.69, 9.17) is 19.2 Å². The summed E-state index contributed by atoms with van der Waals surface area (Å²) in [6, 6.07) is 10.1. The van der Waals surface area contributed by atoms with Gasteiger partial charge in [-0.2, -0.15) is 4.98 Å². The average molecular weight is 560 g/mol. The first kappa shape index (κ1) is 28.3. The molecule has 1 fully saturated rings. The quantitative estimate of drug-likeness (QED) is 0.334. The number of nitrogens with zero attached hydrogens (tertiary/aromatic N) is 6. The van der Waals surface area contributed by atoms with Gasteiger partial charge in [-0.05, 0) is 57.5 Å². The number of benzene rings is 1. The van der Waals surface area contributed by atoms with Crippen molar-refractivity contribution in [2.24, 2.45) is 0 Å². The van der Waals surface area contributed by atoms with E-state index in [-0.39, 0.29) is 6.09 Å². The highest BCUT2D eigenvalue weighted by atomic mass is 16.6.